The first-order valence-corrected chi connectivity index (χ1v) is 9.70. The predicted octanol–water partition coefficient (Wildman–Crippen LogP) is 4.00. The van der Waals surface area contributed by atoms with E-state index in [4.69, 9.17) is 11.6 Å². The number of nitrogens with zero attached hydrogens (tertiary/aromatic N) is 2. The van der Waals surface area contributed by atoms with Crippen molar-refractivity contribution in [3.05, 3.63) is 58.1 Å². The first kappa shape index (κ1) is 19.8. The third kappa shape index (κ3) is 4.13. The molecule has 1 saturated heterocycles. The molecule has 2 aromatic carbocycles. The summed E-state index contributed by atoms with van der Waals surface area (Å²) in [6.07, 6.45) is -4.51. The second-order valence-corrected chi connectivity index (χ2v) is 7.54. The number of alkyl halides is 3. The Morgan fingerprint density at radius 3 is 2.48 bits per heavy atom. The van der Waals surface area contributed by atoms with Crippen LogP contribution in [0.25, 0.3) is 0 Å². The van der Waals surface area contributed by atoms with Gasteiger partial charge in [0.15, 0.2) is 0 Å². The van der Waals surface area contributed by atoms with E-state index >= 15 is 0 Å². The SMILES string of the molecule is O=C1NCc2c(N3CCNCC3)cc(C(F)(F)F)cc2N1Cc1cccc(Cl)c1. The maximum atomic E-state index is 13.6. The van der Waals surface area contributed by atoms with Crippen LogP contribution in [-0.2, 0) is 19.3 Å². The van der Waals surface area contributed by atoms with Crippen LogP contribution in [0.4, 0.5) is 29.3 Å². The lowest BCUT2D eigenvalue weighted by Crippen LogP contribution is -2.47. The molecule has 0 spiro atoms. The van der Waals surface area contributed by atoms with E-state index in [9.17, 15) is 18.0 Å². The Kier molecular flexibility index (Phi) is 5.31. The first-order valence-electron chi connectivity index (χ1n) is 9.32. The van der Waals surface area contributed by atoms with Gasteiger partial charge in [-0.2, -0.15) is 13.2 Å². The number of halogens is 4. The van der Waals surface area contributed by atoms with Gasteiger partial charge in [0.2, 0.25) is 0 Å². The van der Waals surface area contributed by atoms with Gasteiger partial charge in [0, 0.05) is 49.0 Å². The van der Waals surface area contributed by atoms with Crippen LogP contribution in [0.3, 0.4) is 0 Å². The molecule has 0 atom stereocenters. The number of nitrogens with one attached hydrogen (secondary N) is 2. The molecule has 2 aliphatic heterocycles. The van der Waals surface area contributed by atoms with Gasteiger partial charge in [0.05, 0.1) is 17.8 Å². The maximum Gasteiger partial charge on any atom is 0.416 e. The molecule has 0 aliphatic carbocycles. The molecule has 0 radical (unpaired) electrons. The number of amides is 2. The van der Waals surface area contributed by atoms with Crippen molar-refractivity contribution in [1.29, 1.82) is 0 Å². The van der Waals surface area contributed by atoms with Crippen molar-refractivity contribution < 1.29 is 18.0 Å². The Labute approximate surface area is 171 Å². The fourth-order valence-corrected chi connectivity index (χ4v) is 3.97. The normalized spacial score (nSPS) is 17.2. The van der Waals surface area contributed by atoms with Gasteiger partial charge in [-0.3, -0.25) is 4.90 Å². The molecule has 2 aromatic rings. The highest BCUT2D eigenvalue weighted by Gasteiger charge is 2.36. The van der Waals surface area contributed by atoms with E-state index < -0.39 is 17.8 Å². The van der Waals surface area contributed by atoms with Crippen molar-refractivity contribution in [1.82, 2.24) is 10.6 Å². The number of benzene rings is 2. The first-order chi connectivity index (χ1) is 13.8. The van der Waals surface area contributed by atoms with Crippen LogP contribution in [0.2, 0.25) is 5.02 Å². The Balaban J connectivity index is 1.80. The minimum Gasteiger partial charge on any atom is -0.369 e. The van der Waals surface area contributed by atoms with Gasteiger partial charge in [-0.1, -0.05) is 23.7 Å². The lowest BCUT2D eigenvalue weighted by Gasteiger charge is -2.37. The Bertz CT molecular complexity index is 928. The number of anilines is 2. The van der Waals surface area contributed by atoms with Crippen molar-refractivity contribution in [3.8, 4) is 0 Å². The molecule has 9 heteroatoms. The second kappa shape index (κ2) is 7.76. The van der Waals surface area contributed by atoms with Gasteiger partial charge in [-0.25, -0.2) is 4.79 Å². The van der Waals surface area contributed by atoms with Crippen LogP contribution in [0.15, 0.2) is 36.4 Å². The van der Waals surface area contributed by atoms with E-state index in [0.717, 1.165) is 11.6 Å². The van der Waals surface area contributed by atoms with Crippen LogP contribution < -0.4 is 20.4 Å². The summed E-state index contributed by atoms with van der Waals surface area (Å²) in [5, 5.41) is 6.50. The number of rotatable bonds is 3. The Morgan fingerprint density at radius 2 is 1.79 bits per heavy atom. The highest BCUT2D eigenvalue weighted by molar-refractivity contribution is 6.30. The molecule has 2 heterocycles. The quantitative estimate of drug-likeness (QED) is 0.783. The largest absolute Gasteiger partial charge is 0.416 e. The number of urea groups is 1. The standard InChI is InChI=1S/C20H20ClF3N4O/c21-15-3-1-2-13(8-15)12-28-18-10-14(20(22,23)24)9-17(16(18)11-26-19(28)29)27-6-4-25-5-7-27/h1-3,8-10,25H,4-7,11-12H2,(H,26,29). The van der Waals surface area contributed by atoms with Gasteiger partial charge in [-0.15, -0.1) is 0 Å². The van der Waals surface area contributed by atoms with Crippen molar-refractivity contribution in [2.24, 2.45) is 0 Å². The monoisotopic (exact) mass is 424 g/mol. The molecule has 1 fully saturated rings. The third-order valence-corrected chi connectivity index (χ3v) is 5.40. The number of hydrogen-bond donors (Lipinski definition) is 2. The predicted molar refractivity (Wildman–Crippen MR) is 106 cm³/mol. The van der Waals surface area contributed by atoms with E-state index in [2.05, 4.69) is 10.6 Å². The number of fused-ring (bicyclic) bond motifs is 1. The smallest absolute Gasteiger partial charge is 0.369 e. The molecule has 29 heavy (non-hydrogen) atoms. The summed E-state index contributed by atoms with van der Waals surface area (Å²) in [5.74, 6) is 0. The van der Waals surface area contributed by atoms with Crippen LogP contribution in [0, 0.1) is 0 Å². The number of carbonyl (C=O) groups is 1. The van der Waals surface area contributed by atoms with Crippen LogP contribution >= 0.6 is 11.6 Å². The minimum atomic E-state index is -4.51. The Hall–Kier alpha value is -2.45. The van der Waals surface area contributed by atoms with Gasteiger partial charge in [0.1, 0.15) is 0 Å². The van der Waals surface area contributed by atoms with E-state index in [1.54, 1.807) is 24.3 Å². The molecular formula is C20H20ClF3N4O. The third-order valence-electron chi connectivity index (χ3n) is 5.17. The van der Waals surface area contributed by atoms with Crippen LogP contribution in [0.1, 0.15) is 16.7 Å². The van der Waals surface area contributed by atoms with Crippen LogP contribution in [0.5, 0.6) is 0 Å². The zero-order valence-corrected chi connectivity index (χ0v) is 16.3. The van der Waals surface area contributed by atoms with Crippen molar-refractivity contribution >= 4 is 29.0 Å². The lowest BCUT2D eigenvalue weighted by atomic mass is 10.0. The highest BCUT2D eigenvalue weighted by atomic mass is 35.5. The molecule has 154 valence electrons. The molecule has 0 unspecified atom stereocenters. The van der Waals surface area contributed by atoms with Crippen molar-refractivity contribution in [2.45, 2.75) is 19.3 Å². The van der Waals surface area contributed by atoms with Crippen molar-refractivity contribution in [3.63, 3.8) is 0 Å². The van der Waals surface area contributed by atoms with Crippen molar-refractivity contribution in [2.75, 3.05) is 36.0 Å². The number of hydrogen-bond acceptors (Lipinski definition) is 3. The zero-order valence-electron chi connectivity index (χ0n) is 15.5. The Morgan fingerprint density at radius 1 is 1.07 bits per heavy atom. The van der Waals surface area contributed by atoms with E-state index in [1.165, 1.54) is 11.0 Å². The molecule has 0 saturated carbocycles. The average Bonchev–Trinajstić information content (AvgIpc) is 2.69. The van der Waals surface area contributed by atoms with Gasteiger partial charge in [0.25, 0.3) is 0 Å². The van der Waals surface area contributed by atoms with E-state index in [1.807, 2.05) is 4.90 Å². The summed E-state index contributed by atoms with van der Waals surface area (Å²) in [4.78, 5) is 15.9. The molecule has 5 nitrogen and oxygen atoms in total. The molecular weight excluding hydrogens is 405 g/mol. The fraction of sp³-hybridized carbons (Fsp3) is 0.350. The minimum absolute atomic E-state index is 0.127. The molecule has 2 aliphatic rings. The highest BCUT2D eigenvalue weighted by Crippen LogP contribution is 2.41. The molecule has 0 aromatic heterocycles. The van der Waals surface area contributed by atoms with Gasteiger partial charge >= 0.3 is 12.2 Å². The molecule has 4 rings (SSSR count). The lowest BCUT2D eigenvalue weighted by molar-refractivity contribution is -0.137. The zero-order chi connectivity index (χ0) is 20.6. The fourth-order valence-electron chi connectivity index (χ4n) is 3.76. The molecule has 2 N–H and O–H groups in total. The number of piperazine rings is 1. The summed E-state index contributed by atoms with van der Waals surface area (Å²) in [6.45, 7) is 2.93. The molecule has 0 bridgehead atoms. The van der Waals surface area contributed by atoms with Gasteiger partial charge < -0.3 is 15.5 Å². The van der Waals surface area contributed by atoms with Crippen LogP contribution in [-0.4, -0.2) is 32.2 Å². The van der Waals surface area contributed by atoms with E-state index in [-0.39, 0.29) is 18.8 Å². The topological polar surface area (TPSA) is 47.6 Å². The summed E-state index contributed by atoms with van der Waals surface area (Å²) in [7, 11) is 0. The average molecular weight is 425 g/mol. The van der Waals surface area contributed by atoms with Gasteiger partial charge in [-0.05, 0) is 29.8 Å². The maximum absolute atomic E-state index is 13.6. The second-order valence-electron chi connectivity index (χ2n) is 7.10. The summed E-state index contributed by atoms with van der Waals surface area (Å²) >= 11 is 6.03. The summed E-state index contributed by atoms with van der Waals surface area (Å²) in [5.41, 5.74) is 1.49. The summed E-state index contributed by atoms with van der Waals surface area (Å²) in [6, 6.07) is 8.79. The summed E-state index contributed by atoms with van der Waals surface area (Å²) < 4.78 is 40.9. The molecule has 2 amide bonds. The number of carbonyl (C=O) groups excluding carboxylic acids is 1. The van der Waals surface area contributed by atoms with E-state index in [0.29, 0.717) is 42.5 Å².